The predicted molar refractivity (Wildman–Crippen MR) is 65.2 cm³/mol. The van der Waals surface area contributed by atoms with Crippen molar-refractivity contribution >= 4 is 11.5 Å². The third kappa shape index (κ3) is 3.34. The fourth-order valence-corrected chi connectivity index (χ4v) is 1.53. The summed E-state index contributed by atoms with van der Waals surface area (Å²) in [7, 11) is 0. The Labute approximate surface area is 107 Å². The van der Waals surface area contributed by atoms with Crippen molar-refractivity contribution in [2.75, 3.05) is 11.1 Å². The molecule has 7 heteroatoms. The minimum Gasteiger partial charge on any atom is -0.394 e. The molecule has 0 atom stereocenters. The molecule has 0 fully saturated rings. The topological polar surface area (TPSA) is 63.8 Å². The largest absolute Gasteiger partial charge is 0.416 e. The number of rotatable bonds is 3. The van der Waals surface area contributed by atoms with Crippen LogP contribution in [0.1, 0.15) is 11.1 Å². The van der Waals surface area contributed by atoms with Gasteiger partial charge in [-0.3, -0.25) is 0 Å². The molecule has 0 unspecified atom stereocenters. The molecule has 4 nitrogen and oxygen atoms in total. The number of halogens is 3. The van der Waals surface area contributed by atoms with E-state index >= 15 is 0 Å². The molecule has 100 valence electrons. The van der Waals surface area contributed by atoms with Crippen LogP contribution in [0.5, 0.6) is 0 Å². The third-order valence-electron chi connectivity index (χ3n) is 2.45. The lowest BCUT2D eigenvalue weighted by atomic mass is 10.1. The predicted octanol–water partition coefficient (Wildman–Crippen LogP) is 2.69. The Kier molecular flexibility index (Phi) is 3.55. The SMILES string of the molecule is Nc1cncnc1NCc1cccc(C(F)(F)F)c1. The summed E-state index contributed by atoms with van der Waals surface area (Å²) in [5.41, 5.74) is 5.77. The molecule has 0 aliphatic carbocycles. The van der Waals surface area contributed by atoms with Gasteiger partial charge in [0.05, 0.1) is 17.4 Å². The second-order valence-corrected chi connectivity index (χ2v) is 3.88. The van der Waals surface area contributed by atoms with Gasteiger partial charge in [0.15, 0.2) is 5.82 Å². The van der Waals surface area contributed by atoms with Crippen molar-refractivity contribution in [3.05, 3.63) is 47.9 Å². The molecule has 0 amide bonds. The number of aromatic nitrogens is 2. The number of nitrogens with two attached hydrogens (primary N) is 1. The minimum atomic E-state index is -4.34. The number of anilines is 2. The molecule has 0 aliphatic rings. The number of benzene rings is 1. The van der Waals surface area contributed by atoms with Gasteiger partial charge in [-0.05, 0) is 17.7 Å². The van der Waals surface area contributed by atoms with Gasteiger partial charge in [-0.25, -0.2) is 9.97 Å². The summed E-state index contributed by atoms with van der Waals surface area (Å²) in [6, 6.07) is 5.08. The van der Waals surface area contributed by atoms with Crippen molar-refractivity contribution in [2.24, 2.45) is 0 Å². The van der Waals surface area contributed by atoms with E-state index in [1.807, 2.05) is 0 Å². The third-order valence-corrected chi connectivity index (χ3v) is 2.45. The van der Waals surface area contributed by atoms with Gasteiger partial charge in [0, 0.05) is 6.54 Å². The first-order valence-electron chi connectivity index (χ1n) is 5.42. The summed E-state index contributed by atoms with van der Waals surface area (Å²) >= 11 is 0. The van der Waals surface area contributed by atoms with Crippen molar-refractivity contribution in [1.82, 2.24) is 9.97 Å². The Morgan fingerprint density at radius 1 is 1.26 bits per heavy atom. The van der Waals surface area contributed by atoms with Crippen molar-refractivity contribution in [2.45, 2.75) is 12.7 Å². The van der Waals surface area contributed by atoms with Crippen LogP contribution in [0, 0.1) is 0 Å². The molecule has 1 heterocycles. The molecule has 2 aromatic rings. The number of nitrogens with one attached hydrogen (secondary N) is 1. The normalized spacial score (nSPS) is 11.3. The van der Waals surface area contributed by atoms with Crippen LogP contribution in [-0.4, -0.2) is 9.97 Å². The summed E-state index contributed by atoms with van der Waals surface area (Å²) in [5.74, 6) is 0.396. The molecule has 0 bridgehead atoms. The van der Waals surface area contributed by atoms with Crippen LogP contribution >= 0.6 is 0 Å². The van der Waals surface area contributed by atoms with Crippen LogP contribution in [0.4, 0.5) is 24.7 Å². The van der Waals surface area contributed by atoms with E-state index in [4.69, 9.17) is 5.73 Å². The van der Waals surface area contributed by atoms with Crippen molar-refractivity contribution < 1.29 is 13.2 Å². The van der Waals surface area contributed by atoms with Crippen LogP contribution in [-0.2, 0) is 12.7 Å². The molecule has 2 rings (SSSR count). The monoisotopic (exact) mass is 268 g/mol. The smallest absolute Gasteiger partial charge is 0.394 e. The van der Waals surface area contributed by atoms with Crippen LogP contribution < -0.4 is 11.1 Å². The van der Waals surface area contributed by atoms with E-state index in [1.54, 1.807) is 6.07 Å². The molecule has 0 radical (unpaired) electrons. The van der Waals surface area contributed by atoms with Gasteiger partial charge in [0.25, 0.3) is 0 Å². The Balaban J connectivity index is 2.10. The first-order valence-corrected chi connectivity index (χ1v) is 5.42. The van der Waals surface area contributed by atoms with Crippen LogP contribution in [0.25, 0.3) is 0 Å². The van der Waals surface area contributed by atoms with Gasteiger partial charge in [-0.1, -0.05) is 12.1 Å². The number of hydrogen-bond acceptors (Lipinski definition) is 4. The average Bonchev–Trinajstić information content (AvgIpc) is 2.37. The molecule has 1 aromatic heterocycles. The number of nitrogens with zero attached hydrogens (tertiary/aromatic N) is 2. The standard InChI is InChI=1S/C12H11F3N4/c13-12(14,15)9-3-1-2-8(4-9)5-18-11-10(16)6-17-7-19-11/h1-4,6-7H,5,16H2,(H,17,18,19). The van der Waals surface area contributed by atoms with Gasteiger partial charge in [0.1, 0.15) is 6.33 Å². The number of nitrogen functional groups attached to an aromatic ring is 1. The van der Waals surface area contributed by atoms with E-state index in [1.165, 1.54) is 18.6 Å². The molecule has 0 saturated carbocycles. The maximum absolute atomic E-state index is 12.5. The minimum absolute atomic E-state index is 0.200. The Bertz CT molecular complexity index is 569. The quantitative estimate of drug-likeness (QED) is 0.898. The zero-order chi connectivity index (χ0) is 13.9. The molecule has 0 saturated heterocycles. The zero-order valence-electron chi connectivity index (χ0n) is 9.78. The lowest BCUT2D eigenvalue weighted by molar-refractivity contribution is -0.137. The number of hydrogen-bond donors (Lipinski definition) is 2. The summed E-state index contributed by atoms with van der Waals surface area (Å²) in [6.07, 6.45) is -1.61. The second kappa shape index (κ2) is 5.13. The summed E-state index contributed by atoms with van der Waals surface area (Å²) < 4.78 is 37.6. The zero-order valence-corrected chi connectivity index (χ0v) is 9.78. The summed E-state index contributed by atoms with van der Waals surface area (Å²) in [6.45, 7) is 0.200. The molecule has 19 heavy (non-hydrogen) atoms. The lowest BCUT2D eigenvalue weighted by Gasteiger charge is -2.10. The summed E-state index contributed by atoms with van der Waals surface area (Å²) in [5, 5.41) is 2.86. The first-order chi connectivity index (χ1) is 8.97. The number of alkyl halides is 3. The summed E-state index contributed by atoms with van der Waals surface area (Å²) in [4.78, 5) is 7.62. The molecule has 0 aliphatic heterocycles. The van der Waals surface area contributed by atoms with E-state index < -0.39 is 11.7 Å². The Hall–Kier alpha value is -2.31. The maximum atomic E-state index is 12.5. The molecule has 0 spiro atoms. The lowest BCUT2D eigenvalue weighted by Crippen LogP contribution is -2.08. The fraction of sp³-hybridized carbons (Fsp3) is 0.167. The van der Waals surface area contributed by atoms with Crippen LogP contribution in [0.15, 0.2) is 36.8 Å². The second-order valence-electron chi connectivity index (χ2n) is 3.88. The van der Waals surface area contributed by atoms with Gasteiger partial charge >= 0.3 is 6.18 Å². The first kappa shape index (κ1) is 13.1. The van der Waals surface area contributed by atoms with Crippen molar-refractivity contribution in [3.63, 3.8) is 0 Å². The van der Waals surface area contributed by atoms with E-state index in [2.05, 4.69) is 15.3 Å². The molecular formula is C12H11F3N4. The fourth-order valence-electron chi connectivity index (χ4n) is 1.53. The van der Waals surface area contributed by atoms with Gasteiger partial charge in [0.2, 0.25) is 0 Å². The Morgan fingerprint density at radius 3 is 2.74 bits per heavy atom. The van der Waals surface area contributed by atoms with Gasteiger partial charge in [-0.2, -0.15) is 13.2 Å². The Morgan fingerprint density at radius 2 is 2.05 bits per heavy atom. The average molecular weight is 268 g/mol. The van der Waals surface area contributed by atoms with E-state index in [9.17, 15) is 13.2 Å². The van der Waals surface area contributed by atoms with E-state index in [-0.39, 0.29) is 6.54 Å². The molecular weight excluding hydrogens is 257 g/mol. The van der Waals surface area contributed by atoms with Crippen LogP contribution in [0.3, 0.4) is 0 Å². The molecule has 3 N–H and O–H groups in total. The van der Waals surface area contributed by atoms with Gasteiger partial charge < -0.3 is 11.1 Å². The molecule has 1 aromatic carbocycles. The highest BCUT2D eigenvalue weighted by atomic mass is 19.4. The maximum Gasteiger partial charge on any atom is 0.416 e. The highest BCUT2D eigenvalue weighted by Gasteiger charge is 2.30. The van der Waals surface area contributed by atoms with E-state index in [0.717, 1.165) is 12.1 Å². The highest BCUT2D eigenvalue weighted by molar-refractivity contribution is 5.59. The van der Waals surface area contributed by atoms with Crippen LogP contribution in [0.2, 0.25) is 0 Å². The van der Waals surface area contributed by atoms with Crippen molar-refractivity contribution in [3.8, 4) is 0 Å². The van der Waals surface area contributed by atoms with Crippen molar-refractivity contribution in [1.29, 1.82) is 0 Å². The van der Waals surface area contributed by atoms with E-state index in [0.29, 0.717) is 17.1 Å². The van der Waals surface area contributed by atoms with Gasteiger partial charge in [-0.15, -0.1) is 0 Å². The highest BCUT2D eigenvalue weighted by Crippen LogP contribution is 2.29.